The zero-order chi connectivity index (χ0) is 18.1. The maximum Gasteiger partial charge on any atom is 0.261 e. The number of carbonyl (C=O) groups is 1. The van der Waals surface area contributed by atoms with E-state index in [0.29, 0.717) is 36.1 Å². The number of methoxy groups -OCH3 is 1. The van der Waals surface area contributed by atoms with Crippen LogP contribution in [0.3, 0.4) is 0 Å². The number of benzene rings is 2. The zero-order valence-electron chi connectivity index (χ0n) is 14.3. The molecule has 0 aromatic heterocycles. The van der Waals surface area contributed by atoms with E-state index in [1.807, 2.05) is 19.1 Å². The molecule has 25 heavy (non-hydrogen) atoms. The summed E-state index contributed by atoms with van der Waals surface area (Å²) in [5.41, 5.74) is 0. The lowest BCUT2D eigenvalue weighted by atomic mass is 10.2. The average Bonchev–Trinajstić information content (AvgIpc) is 2.65. The Balaban J connectivity index is 1.78. The van der Waals surface area contributed by atoms with Crippen LogP contribution in [0.4, 0.5) is 0 Å². The van der Waals surface area contributed by atoms with Crippen LogP contribution < -0.4 is 19.5 Å². The SMILES string of the molecule is CC[C@H](Oc1ccc(OC)cc1)C(=O)NCCOc1ccccc1Cl. The van der Waals surface area contributed by atoms with Crippen LogP contribution in [-0.4, -0.2) is 32.3 Å². The lowest BCUT2D eigenvalue weighted by molar-refractivity contribution is -0.128. The first-order chi connectivity index (χ1) is 12.1. The van der Waals surface area contributed by atoms with Gasteiger partial charge in [-0.25, -0.2) is 0 Å². The van der Waals surface area contributed by atoms with Crippen LogP contribution in [0.2, 0.25) is 5.02 Å². The van der Waals surface area contributed by atoms with E-state index in [-0.39, 0.29) is 5.91 Å². The van der Waals surface area contributed by atoms with E-state index in [1.165, 1.54) is 0 Å². The largest absolute Gasteiger partial charge is 0.497 e. The Morgan fingerprint density at radius 1 is 1.12 bits per heavy atom. The third kappa shape index (κ3) is 5.87. The molecule has 0 aliphatic heterocycles. The molecule has 0 spiro atoms. The van der Waals surface area contributed by atoms with Crippen molar-refractivity contribution in [2.24, 2.45) is 0 Å². The standard InChI is InChI=1S/C19H22ClNO4/c1-3-17(25-15-10-8-14(23-2)9-11-15)19(22)21-12-13-24-18-7-5-4-6-16(18)20/h4-11,17H,3,12-13H2,1-2H3,(H,21,22)/t17-/m0/s1. The molecule has 1 atom stereocenters. The van der Waals surface area contributed by atoms with Gasteiger partial charge in [0.25, 0.3) is 5.91 Å². The van der Waals surface area contributed by atoms with Crippen molar-refractivity contribution in [2.75, 3.05) is 20.3 Å². The van der Waals surface area contributed by atoms with Gasteiger partial charge in [0.05, 0.1) is 18.7 Å². The molecule has 1 N–H and O–H groups in total. The molecule has 1 amide bonds. The van der Waals surface area contributed by atoms with Gasteiger partial charge >= 0.3 is 0 Å². The molecule has 2 aromatic rings. The highest BCUT2D eigenvalue weighted by Crippen LogP contribution is 2.22. The summed E-state index contributed by atoms with van der Waals surface area (Å²) in [6, 6.07) is 14.3. The monoisotopic (exact) mass is 363 g/mol. The minimum absolute atomic E-state index is 0.180. The van der Waals surface area contributed by atoms with E-state index < -0.39 is 6.10 Å². The molecule has 0 saturated carbocycles. The Bertz CT molecular complexity index is 675. The number of amides is 1. The molecule has 6 heteroatoms. The number of hydrogen-bond donors (Lipinski definition) is 1. The van der Waals surface area contributed by atoms with E-state index >= 15 is 0 Å². The normalized spacial score (nSPS) is 11.5. The van der Waals surface area contributed by atoms with Gasteiger partial charge in [-0.15, -0.1) is 0 Å². The number of carbonyl (C=O) groups excluding carboxylic acids is 1. The summed E-state index contributed by atoms with van der Waals surface area (Å²) in [5, 5.41) is 3.35. The predicted octanol–water partition coefficient (Wildman–Crippen LogP) is 3.70. The maximum absolute atomic E-state index is 12.2. The highest BCUT2D eigenvalue weighted by Gasteiger charge is 2.18. The predicted molar refractivity (Wildman–Crippen MR) is 97.7 cm³/mol. The molecule has 0 unspecified atom stereocenters. The molecule has 2 aromatic carbocycles. The zero-order valence-corrected chi connectivity index (χ0v) is 15.1. The Morgan fingerprint density at radius 3 is 2.44 bits per heavy atom. The summed E-state index contributed by atoms with van der Waals surface area (Å²) in [4.78, 5) is 12.2. The van der Waals surface area contributed by atoms with Crippen molar-refractivity contribution >= 4 is 17.5 Å². The molecule has 134 valence electrons. The summed E-state index contributed by atoms with van der Waals surface area (Å²) < 4.78 is 16.4. The van der Waals surface area contributed by atoms with Crippen LogP contribution in [0, 0.1) is 0 Å². The summed E-state index contributed by atoms with van der Waals surface area (Å²) in [7, 11) is 1.60. The average molecular weight is 364 g/mol. The van der Waals surface area contributed by atoms with Crippen molar-refractivity contribution in [3.05, 3.63) is 53.6 Å². The van der Waals surface area contributed by atoms with Gasteiger partial charge in [-0.2, -0.15) is 0 Å². The van der Waals surface area contributed by atoms with Gasteiger partial charge in [-0.1, -0.05) is 30.7 Å². The van der Waals surface area contributed by atoms with Crippen LogP contribution in [0.25, 0.3) is 0 Å². The number of nitrogens with one attached hydrogen (secondary N) is 1. The van der Waals surface area contributed by atoms with Crippen LogP contribution >= 0.6 is 11.6 Å². The molecule has 0 bridgehead atoms. The van der Waals surface area contributed by atoms with Gasteiger partial charge in [0, 0.05) is 0 Å². The van der Waals surface area contributed by atoms with E-state index in [2.05, 4.69) is 5.32 Å². The Hall–Kier alpha value is -2.40. The van der Waals surface area contributed by atoms with Gasteiger partial charge in [-0.3, -0.25) is 4.79 Å². The lowest BCUT2D eigenvalue weighted by Crippen LogP contribution is -2.39. The number of ether oxygens (including phenoxy) is 3. The van der Waals surface area contributed by atoms with Crippen molar-refractivity contribution in [2.45, 2.75) is 19.4 Å². The summed E-state index contributed by atoms with van der Waals surface area (Å²) in [5.74, 6) is 1.78. The summed E-state index contributed by atoms with van der Waals surface area (Å²) in [6.07, 6.45) is -0.00262. The van der Waals surface area contributed by atoms with Crippen LogP contribution in [0.1, 0.15) is 13.3 Å². The molecule has 2 rings (SSSR count). The van der Waals surface area contributed by atoms with Gasteiger partial charge in [0.15, 0.2) is 6.10 Å². The lowest BCUT2D eigenvalue weighted by Gasteiger charge is -2.17. The molecular weight excluding hydrogens is 342 g/mol. The Kier molecular flexibility index (Phi) is 7.41. The van der Waals surface area contributed by atoms with Gasteiger partial charge in [-0.05, 0) is 42.8 Å². The molecule has 0 saturated heterocycles. The first-order valence-corrected chi connectivity index (χ1v) is 8.47. The summed E-state index contributed by atoms with van der Waals surface area (Å²) >= 11 is 6.01. The first kappa shape index (κ1) is 18.9. The fraction of sp³-hybridized carbons (Fsp3) is 0.316. The molecule has 0 heterocycles. The number of rotatable bonds is 9. The van der Waals surface area contributed by atoms with Gasteiger partial charge in [0.2, 0.25) is 0 Å². The molecule has 0 aliphatic carbocycles. The highest BCUT2D eigenvalue weighted by atomic mass is 35.5. The van der Waals surface area contributed by atoms with Gasteiger partial charge in [0.1, 0.15) is 23.9 Å². The van der Waals surface area contributed by atoms with E-state index in [1.54, 1.807) is 43.5 Å². The van der Waals surface area contributed by atoms with E-state index in [4.69, 9.17) is 25.8 Å². The molecule has 0 radical (unpaired) electrons. The van der Waals surface area contributed by atoms with Crippen molar-refractivity contribution in [3.8, 4) is 17.2 Å². The molecule has 5 nitrogen and oxygen atoms in total. The van der Waals surface area contributed by atoms with Crippen molar-refractivity contribution in [1.82, 2.24) is 5.32 Å². The smallest absolute Gasteiger partial charge is 0.261 e. The first-order valence-electron chi connectivity index (χ1n) is 8.09. The minimum atomic E-state index is -0.561. The van der Waals surface area contributed by atoms with Crippen molar-refractivity contribution < 1.29 is 19.0 Å². The van der Waals surface area contributed by atoms with Crippen molar-refractivity contribution in [3.63, 3.8) is 0 Å². The maximum atomic E-state index is 12.2. The van der Waals surface area contributed by atoms with Crippen LogP contribution in [-0.2, 0) is 4.79 Å². The minimum Gasteiger partial charge on any atom is -0.497 e. The second kappa shape index (κ2) is 9.79. The third-order valence-electron chi connectivity index (χ3n) is 3.50. The highest BCUT2D eigenvalue weighted by molar-refractivity contribution is 6.32. The Morgan fingerprint density at radius 2 is 1.80 bits per heavy atom. The fourth-order valence-corrected chi connectivity index (χ4v) is 2.34. The van der Waals surface area contributed by atoms with Crippen LogP contribution in [0.5, 0.6) is 17.2 Å². The van der Waals surface area contributed by atoms with E-state index in [0.717, 1.165) is 5.75 Å². The molecular formula is C19H22ClNO4. The second-order valence-corrected chi connectivity index (χ2v) is 5.67. The fourth-order valence-electron chi connectivity index (χ4n) is 2.15. The Labute approximate surface area is 152 Å². The quantitative estimate of drug-likeness (QED) is 0.690. The van der Waals surface area contributed by atoms with Gasteiger partial charge < -0.3 is 19.5 Å². The number of para-hydroxylation sites is 1. The third-order valence-corrected chi connectivity index (χ3v) is 3.81. The number of halogens is 1. The summed E-state index contributed by atoms with van der Waals surface area (Å²) in [6.45, 7) is 2.59. The van der Waals surface area contributed by atoms with E-state index in [9.17, 15) is 4.79 Å². The second-order valence-electron chi connectivity index (χ2n) is 5.26. The van der Waals surface area contributed by atoms with Crippen molar-refractivity contribution in [1.29, 1.82) is 0 Å². The molecule has 0 fully saturated rings. The topological polar surface area (TPSA) is 56.8 Å². The molecule has 0 aliphatic rings. The number of hydrogen-bond acceptors (Lipinski definition) is 4. The van der Waals surface area contributed by atoms with Crippen LogP contribution in [0.15, 0.2) is 48.5 Å².